The van der Waals surface area contributed by atoms with Crippen LogP contribution in [0.5, 0.6) is 0 Å². The number of hydrogen-bond donors (Lipinski definition) is 2. The van der Waals surface area contributed by atoms with Gasteiger partial charge in [-0.05, 0) is 48.7 Å². The average molecular weight is 410 g/mol. The summed E-state index contributed by atoms with van der Waals surface area (Å²) in [5.41, 5.74) is 3.85. The van der Waals surface area contributed by atoms with E-state index in [0.717, 1.165) is 39.7 Å². The lowest BCUT2D eigenvalue weighted by Crippen LogP contribution is -2.14. The molecule has 0 aliphatic carbocycles. The van der Waals surface area contributed by atoms with Gasteiger partial charge in [0.25, 0.3) is 5.91 Å². The molecule has 1 aliphatic rings. The Bertz CT molecular complexity index is 680. The Morgan fingerprint density at radius 3 is 2.62 bits per heavy atom. The highest BCUT2D eigenvalue weighted by Gasteiger charge is 2.11. The molecular weight excluding hydrogens is 396 g/mol. The third-order valence-electron chi connectivity index (χ3n) is 3.43. The maximum Gasteiger partial charge on any atom is 0.255 e. The van der Waals surface area contributed by atoms with Crippen LogP contribution in [0.3, 0.4) is 0 Å². The van der Waals surface area contributed by atoms with Gasteiger partial charge in [-0.3, -0.25) is 4.79 Å². The van der Waals surface area contributed by atoms with Gasteiger partial charge in [0.05, 0.1) is 0 Å². The van der Waals surface area contributed by atoms with E-state index in [0.29, 0.717) is 5.56 Å². The fraction of sp³-hybridized carbons (Fsp3) is 0.188. The standard InChI is InChI=1S/C16H14Br2N2O/c17-12-6-11(7-13(18)8-12)16(21)20-14-4-3-10-2-1-5-19-15(10)9-14/h3-4,6-9,19H,1-2,5H2,(H,20,21). The molecule has 0 atom stereocenters. The van der Waals surface area contributed by atoms with Crippen molar-refractivity contribution in [1.29, 1.82) is 0 Å². The van der Waals surface area contributed by atoms with E-state index in [2.05, 4.69) is 48.6 Å². The molecule has 108 valence electrons. The van der Waals surface area contributed by atoms with Crippen LogP contribution in [0.4, 0.5) is 11.4 Å². The van der Waals surface area contributed by atoms with Gasteiger partial charge in [-0.2, -0.15) is 0 Å². The zero-order valence-corrected chi connectivity index (χ0v) is 14.4. The number of carbonyl (C=O) groups is 1. The van der Waals surface area contributed by atoms with E-state index >= 15 is 0 Å². The van der Waals surface area contributed by atoms with Crippen LogP contribution in [0.25, 0.3) is 0 Å². The highest BCUT2D eigenvalue weighted by atomic mass is 79.9. The Hall–Kier alpha value is -1.33. The second-order valence-electron chi connectivity index (χ2n) is 5.01. The Labute approximate surface area is 140 Å². The number of carbonyl (C=O) groups excluding carboxylic acids is 1. The van der Waals surface area contributed by atoms with Gasteiger partial charge in [0.15, 0.2) is 0 Å². The molecule has 0 radical (unpaired) electrons. The largest absolute Gasteiger partial charge is 0.385 e. The fourth-order valence-corrected chi connectivity index (χ4v) is 3.72. The minimum atomic E-state index is -0.118. The van der Waals surface area contributed by atoms with Crippen LogP contribution in [0.2, 0.25) is 0 Å². The number of nitrogens with one attached hydrogen (secondary N) is 2. The maximum absolute atomic E-state index is 12.3. The molecule has 1 amide bonds. The van der Waals surface area contributed by atoms with Crippen LogP contribution in [0, 0.1) is 0 Å². The van der Waals surface area contributed by atoms with E-state index in [1.165, 1.54) is 5.56 Å². The number of halogens is 2. The third-order valence-corrected chi connectivity index (χ3v) is 4.35. The first-order chi connectivity index (χ1) is 10.1. The van der Waals surface area contributed by atoms with Crippen LogP contribution in [0.1, 0.15) is 22.3 Å². The van der Waals surface area contributed by atoms with Gasteiger partial charge in [0, 0.05) is 32.4 Å². The molecule has 1 heterocycles. The second-order valence-corrected chi connectivity index (χ2v) is 6.85. The van der Waals surface area contributed by atoms with Gasteiger partial charge in [-0.25, -0.2) is 0 Å². The summed E-state index contributed by atoms with van der Waals surface area (Å²) >= 11 is 6.79. The summed E-state index contributed by atoms with van der Waals surface area (Å²) in [5.74, 6) is -0.118. The zero-order valence-electron chi connectivity index (χ0n) is 11.2. The average Bonchev–Trinajstić information content (AvgIpc) is 2.46. The third kappa shape index (κ3) is 3.47. The minimum absolute atomic E-state index is 0.118. The first-order valence-corrected chi connectivity index (χ1v) is 8.35. The second kappa shape index (κ2) is 6.20. The number of fused-ring (bicyclic) bond motifs is 1. The zero-order chi connectivity index (χ0) is 14.8. The lowest BCUT2D eigenvalue weighted by molar-refractivity contribution is 0.102. The SMILES string of the molecule is O=C(Nc1ccc2c(c1)NCCC2)c1cc(Br)cc(Br)c1. The van der Waals surface area contributed by atoms with Gasteiger partial charge >= 0.3 is 0 Å². The van der Waals surface area contributed by atoms with Crippen molar-refractivity contribution in [3.8, 4) is 0 Å². The topological polar surface area (TPSA) is 41.1 Å². The van der Waals surface area contributed by atoms with Crippen LogP contribution in [0.15, 0.2) is 45.3 Å². The molecular formula is C16H14Br2N2O. The lowest BCUT2D eigenvalue weighted by atomic mass is 10.0. The lowest BCUT2D eigenvalue weighted by Gasteiger charge is -2.19. The number of anilines is 2. The summed E-state index contributed by atoms with van der Waals surface area (Å²) in [6.45, 7) is 0.989. The first kappa shape index (κ1) is 14.6. The molecule has 0 saturated heterocycles. The van der Waals surface area contributed by atoms with E-state index < -0.39 is 0 Å². The molecule has 21 heavy (non-hydrogen) atoms. The van der Waals surface area contributed by atoms with Crippen molar-refractivity contribution in [2.45, 2.75) is 12.8 Å². The summed E-state index contributed by atoms with van der Waals surface area (Å²) in [6, 6.07) is 11.5. The van der Waals surface area contributed by atoms with Gasteiger partial charge in [0.1, 0.15) is 0 Å². The molecule has 0 bridgehead atoms. The predicted octanol–water partition coefficient (Wildman–Crippen LogP) is 4.82. The molecule has 3 rings (SSSR count). The molecule has 5 heteroatoms. The fourth-order valence-electron chi connectivity index (χ4n) is 2.43. The van der Waals surface area contributed by atoms with Gasteiger partial charge in [-0.1, -0.05) is 37.9 Å². The molecule has 0 fully saturated rings. The van der Waals surface area contributed by atoms with E-state index in [1.54, 1.807) is 12.1 Å². The van der Waals surface area contributed by atoms with Crippen molar-refractivity contribution in [1.82, 2.24) is 0 Å². The number of aryl methyl sites for hydroxylation is 1. The van der Waals surface area contributed by atoms with Gasteiger partial charge in [-0.15, -0.1) is 0 Å². The summed E-state index contributed by atoms with van der Waals surface area (Å²) in [5, 5.41) is 6.31. The quantitative estimate of drug-likeness (QED) is 0.746. The van der Waals surface area contributed by atoms with Crippen LogP contribution < -0.4 is 10.6 Å². The van der Waals surface area contributed by atoms with E-state index in [1.807, 2.05) is 18.2 Å². The van der Waals surface area contributed by atoms with Gasteiger partial charge < -0.3 is 10.6 Å². The molecule has 0 aromatic heterocycles. The number of benzene rings is 2. The smallest absolute Gasteiger partial charge is 0.255 e. The molecule has 0 unspecified atom stereocenters. The Balaban J connectivity index is 1.81. The highest BCUT2D eigenvalue weighted by molar-refractivity contribution is 9.11. The summed E-state index contributed by atoms with van der Waals surface area (Å²) < 4.78 is 1.74. The first-order valence-electron chi connectivity index (χ1n) is 6.76. The molecule has 2 N–H and O–H groups in total. The predicted molar refractivity (Wildman–Crippen MR) is 93.0 cm³/mol. The Kier molecular flexibility index (Phi) is 4.31. The molecule has 0 spiro atoms. The molecule has 3 nitrogen and oxygen atoms in total. The van der Waals surface area contributed by atoms with Crippen molar-refractivity contribution in [3.05, 3.63) is 56.5 Å². The van der Waals surface area contributed by atoms with Crippen molar-refractivity contribution in [2.75, 3.05) is 17.2 Å². The van der Waals surface area contributed by atoms with Crippen LogP contribution in [-0.4, -0.2) is 12.5 Å². The van der Waals surface area contributed by atoms with Crippen molar-refractivity contribution < 1.29 is 4.79 Å². The molecule has 1 aliphatic heterocycles. The molecule has 2 aromatic carbocycles. The monoisotopic (exact) mass is 408 g/mol. The summed E-state index contributed by atoms with van der Waals surface area (Å²) in [6.07, 6.45) is 2.25. The molecule has 2 aromatic rings. The van der Waals surface area contributed by atoms with Crippen molar-refractivity contribution >= 4 is 49.1 Å². The number of amides is 1. The van der Waals surface area contributed by atoms with Crippen molar-refractivity contribution in [2.24, 2.45) is 0 Å². The van der Waals surface area contributed by atoms with Crippen LogP contribution in [-0.2, 0) is 6.42 Å². The summed E-state index contributed by atoms with van der Waals surface area (Å²) in [4.78, 5) is 12.3. The Morgan fingerprint density at radius 2 is 1.86 bits per heavy atom. The normalized spacial score (nSPS) is 13.2. The van der Waals surface area contributed by atoms with Crippen LogP contribution >= 0.6 is 31.9 Å². The minimum Gasteiger partial charge on any atom is -0.385 e. The summed E-state index contributed by atoms with van der Waals surface area (Å²) in [7, 11) is 0. The Morgan fingerprint density at radius 1 is 1.10 bits per heavy atom. The number of rotatable bonds is 2. The highest BCUT2D eigenvalue weighted by Crippen LogP contribution is 2.26. The number of hydrogen-bond acceptors (Lipinski definition) is 2. The van der Waals surface area contributed by atoms with E-state index in [4.69, 9.17) is 0 Å². The van der Waals surface area contributed by atoms with E-state index in [-0.39, 0.29) is 5.91 Å². The van der Waals surface area contributed by atoms with E-state index in [9.17, 15) is 4.79 Å². The van der Waals surface area contributed by atoms with Gasteiger partial charge in [0.2, 0.25) is 0 Å². The van der Waals surface area contributed by atoms with Crippen molar-refractivity contribution in [3.63, 3.8) is 0 Å². The maximum atomic E-state index is 12.3. The molecule has 0 saturated carbocycles.